The summed E-state index contributed by atoms with van der Waals surface area (Å²) in [5, 5.41) is 0.903. The van der Waals surface area contributed by atoms with E-state index in [2.05, 4.69) is 6.92 Å². The van der Waals surface area contributed by atoms with Crippen molar-refractivity contribution in [1.82, 2.24) is 0 Å². The molecule has 5 heavy (non-hydrogen) atoms. The van der Waals surface area contributed by atoms with Crippen molar-refractivity contribution in [2.45, 2.75) is 12.3 Å². The van der Waals surface area contributed by atoms with Gasteiger partial charge in [0.05, 0.1) is 5.40 Å². The Bertz CT molecular complexity index is 111. The lowest BCUT2D eigenvalue weighted by Gasteiger charge is -1.58. The summed E-state index contributed by atoms with van der Waals surface area (Å²) >= 11 is 4.91. The minimum absolute atomic E-state index is 0.124. The molecule has 1 heterocycles. The Hall–Kier alpha value is 0.820. The molecular weight excluding hydrogens is 118 g/mol. The highest BCUT2D eigenvalue weighted by molar-refractivity contribution is 8.30. The van der Waals surface area contributed by atoms with Crippen molar-refractivity contribution in [3.8, 4) is 0 Å². The lowest BCUT2D eigenvalue weighted by atomic mass is 11.0. The fourth-order valence-electron chi connectivity index (χ4n) is 0.135. The van der Waals surface area contributed by atoms with Gasteiger partial charge >= 0.3 is 0 Å². The van der Waals surface area contributed by atoms with Crippen LogP contribution >= 0.6 is 13.9 Å². The largest absolute Gasteiger partial charge is 0.0572 e. The molecule has 0 aromatic heterocycles. The summed E-state index contributed by atoms with van der Waals surface area (Å²) in [7, 11) is 1.54. The molecule has 0 nitrogen and oxygen atoms in total. The smallest absolute Gasteiger partial charge is 0.0543 e. The molecular formula is C2H4P2S. The zero-order valence-electron chi connectivity index (χ0n) is 2.88. The zero-order chi connectivity index (χ0) is 3.86. The lowest BCUT2D eigenvalue weighted by Crippen LogP contribution is -1.50. The Morgan fingerprint density at radius 2 is 2.20 bits per heavy atom. The highest BCUT2D eigenvalue weighted by Gasteiger charge is 2.08. The summed E-state index contributed by atoms with van der Waals surface area (Å²) in [6.07, 6.45) is 0. The predicted octanol–water partition coefficient (Wildman–Crippen LogP) is 2.15. The van der Waals surface area contributed by atoms with Gasteiger partial charge in [-0.3, -0.25) is 0 Å². The Morgan fingerprint density at radius 3 is 2.20 bits per heavy atom. The number of hydrogen-bond donors (Lipinski definition) is 0. The van der Waals surface area contributed by atoms with Crippen LogP contribution in [0.3, 0.4) is 0 Å². The molecule has 0 radical (unpaired) electrons. The SMILES string of the molecule is CC1P=P1=S. The maximum Gasteiger partial charge on any atom is 0.0543 e. The third kappa shape index (κ3) is 0.824. The normalized spacial score (nSPS) is 43.4. The maximum atomic E-state index is 4.91. The Kier molecular flexibility index (Phi) is 0.918. The molecule has 0 saturated carbocycles. The summed E-state index contributed by atoms with van der Waals surface area (Å²) in [5.41, 5.74) is 0. The molecule has 28 valence electrons. The van der Waals surface area contributed by atoms with Gasteiger partial charge in [-0.2, -0.15) is 0 Å². The minimum Gasteiger partial charge on any atom is -0.0572 e. The lowest BCUT2D eigenvalue weighted by molar-refractivity contribution is 1.45. The fraction of sp³-hybridized carbons (Fsp3) is 1.00. The summed E-state index contributed by atoms with van der Waals surface area (Å²) in [6, 6.07) is 0. The van der Waals surface area contributed by atoms with Gasteiger partial charge < -0.3 is 0 Å². The van der Waals surface area contributed by atoms with Gasteiger partial charge in [0.1, 0.15) is 0 Å². The first-order valence-electron chi connectivity index (χ1n) is 1.48. The van der Waals surface area contributed by atoms with Gasteiger partial charge in [-0.05, 0) is 12.9 Å². The Labute approximate surface area is 38.6 Å². The van der Waals surface area contributed by atoms with Gasteiger partial charge in [-0.15, -0.1) is 0 Å². The molecule has 0 aromatic carbocycles. The van der Waals surface area contributed by atoms with E-state index in [4.69, 9.17) is 11.8 Å². The van der Waals surface area contributed by atoms with Crippen LogP contribution in [0.2, 0.25) is 0 Å². The van der Waals surface area contributed by atoms with Crippen LogP contribution in [-0.2, 0) is 11.8 Å². The van der Waals surface area contributed by atoms with Crippen molar-refractivity contribution in [3.63, 3.8) is 0 Å². The Balaban J connectivity index is 2.70. The second kappa shape index (κ2) is 1.15. The molecule has 0 aromatic rings. The second-order valence-corrected chi connectivity index (χ2v) is 7.82. The van der Waals surface area contributed by atoms with Gasteiger partial charge in [-0.25, -0.2) is 0 Å². The summed E-state index contributed by atoms with van der Waals surface area (Å²) in [4.78, 5) is 0. The van der Waals surface area contributed by atoms with E-state index in [0.29, 0.717) is 0 Å². The Morgan fingerprint density at radius 1 is 2.00 bits per heavy atom. The molecule has 1 rings (SSSR count). The van der Waals surface area contributed by atoms with Crippen molar-refractivity contribution in [2.24, 2.45) is 0 Å². The molecule has 2 unspecified atom stereocenters. The molecule has 0 amide bonds. The van der Waals surface area contributed by atoms with Crippen LogP contribution in [0.5, 0.6) is 0 Å². The van der Waals surface area contributed by atoms with E-state index in [9.17, 15) is 0 Å². The monoisotopic (exact) mass is 122 g/mol. The number of hydrogen-bond acceptors (Lipinski definition) is 1. The first kappa shape index (κ1) is 3.99. The molecule has 1 aliphatic rings. The van der Waals surface area contributed by atoms with Crippen molar-refractivity contribution in [1.29, 1.82) is 0 Å². The van der Waals surface area contributed by atoms with Gasteiger partial charge in [-0.1, -0.05) is 19.7 Å². The highest BCUT2D eigenvalue weighted by Crippen LogP contribution is 2.53. The minimum atomic E-state index is 0.124. The average molecular weight is 122 g/mol. The molecule has 0 aliphatic carbocycles. The van der Waals surface area contributed by atoms with Crippen LogP contribution in [0.1, 0.15) is 6.92 Å². The quantitative estimate of drug-likeness (QED) is 0.443. The molecule has 0 saturated heterocycles. The third-order valence-electron chi connectivity index (χ3n) is 0.546. The van der Waals surface area contributed by atoms with E-state index in [1.54, 1.807) is 7.87 Å². The van der Waals surface area contributed by atoms with Crippen LogP contribution in [0.4, 0.5) is 0 Å². The van der Waals surface area contributed by atoms with Crippen LogP contribution < -0.4 is 0 Å². The molecule has 0 N–H and O–H groups in total. The van der Waals surface area contributed by atoms with Crippen LogP contribution in [0.15, 0.2) is 0 Å². The van der Waals surface area contributed by atoms with Crippen molar-refractivity contribution in [3.05, 3.63) is 0 Å². The summed E-state index contributed by atoms with van der Waals surface area (Å²) in [6.45, 7) is 2.21. The van der Waals surface area contributed by atoms with E-state index in [1.807, 2.05) is 0 Å². The van der Waals surface area contributed by atoms with Crippen LogP contribution in [-0.4, -0.2) is 5.40 Å². The molecule has 0 spiro atoms. The molecule has 3 heteroatoms. The summed E-state index contributed by atoms with van der Waals surface area (Å²) < 4.78 is 0. The van der Waals surface area contributed by atoms with Gasteiger partial charge in [0.2, 0.25) is 0 Å². The fourth-order valence-corrected chi connectivity index (χ4v) is 3.58. The first-order chi connectivity index (χ1) is 2.30. The van der Waals surface area contributed by atoms with E-state index < -0.39 is 0 Å². The van der Waals surface area contributed by atoms with E-state index in [0.717, 1.165) is 5.40 Å². The highest BCUT2D eigenvalue weighted by atomic mass is 32.5. The second-order valence-electron chi connectivity index (χ2n) is 1.05. The number of rotatable bonds is 0. The van der Waals surface area contributed by atoms with Crippen molar-refractivity contribution >= 4 is 25.7 Å². The van der Waals surface area contributed by atoms with Crippen LogP contribution in [0.25, 0.3) is 0 Å². The summed E-state index contributed by atoms with van der Waals surface area (Å²) in [5.74, 6) is 0.124. The van der Waals surface area contributed by atoms with Gasteiger partial charge in [0.25, 0.3) is 0 Å². The van der Waals surface area contributed by atoms with Crippen LogP contribution in [0, 0.1) is 0 Å². The average Bonchev–Trinajstić information content (AvgIpc) is 1.79. The molecule has 2 atom stereocenters. The third-order valence-corrected chi connectivity index (χ3v) is 6.61. The van der Waals surface area contributed by atoms with E-state index in [-0.39, 0.29) is 5.98 Å². The van der Waals surface area contributed by atoms with E-state index in [1.165, 1.54) is 0 Å². The topological polar surface area (TPSA) is 0 Å². The molecule has 1 aliphatic heterocycles. The van der Waals surface area contributed by atoms with E-state index >= 15 is 0 Å². The standard InChI is InChI=1S/C2H4P2S/c1-2-3-4(2)5/h2H,1H3. The molecule has 0 bridgehead atoms. The maximum absolute atomic E-state index is 4.91. The van der Waals surface area contributed by atoms with Crippen molar-refractivity contribution in [2.75, 3.05) is 0 Å². The van der Waals surface area contributed by atoms with Crippen molar-refractivity contribution < 1.29 is 0 Å². The predicted molar refractivity (Wildman–Crippen MR) is 30.7 cm³/mol. The molecule has 0 fully saturated rings. The van der Waals surface area contributed by atoms with Gasteiger partial charge in [0, 0.05) is 0 Å². The van der Waals surface area contributed by atoms with Gasteiger partial charge in [0.15, 0.2) is 0 Å². The first-order valence-corrected chi connectivity index (χ1v) is 5.57. The zero-order valence-corrected chi connectivity index (χ0v) is 5.49.